The van der Waals surface area contributed by atoms with Gasteiger partial charge in [0.2, 0.25) is 0 Å². The van der Waals surface area contributed by atoms with E-state index < -0.39 is 11.7 Å². The second kappa shape index (κ2) is 5.18. The van der Waals surface area contributed by atoms with Crippen LogP contribution >= 0.6 is 15.9 Å². The van der Waals surface area contributed by atoms with Gasteiger partial charge in [0.15, 0.2) is 0 Å². The molecule has 0 atom stereocenters. The van der Waals surface area contributed by atoms with Crippen molar-refractivity contribution in [2.45, 2.75) is 6.54 Å². The maximum absolute atomic E-state index is 13.5. The molecular formula is C11H10BrFN4O. The van der Waals surface area contributed by atoms with Gasteiger partial charge in [0, 0.05) is 16.6 Å². The Morgan fingerprint density at radius 1 is 1.56 bits per heavy atom. The van der Waals surface area contributed by atoms with Crippen molar-refractivity contribution in [2.24, 2.45) is 0 Å². The predicted molar refractivity (Wildman–Crippen MR) is 68.3 cm³/mol. The molecule has 0 bridgehead atoms. The zero-order valence-electron chi connectivity index (χ0n) is 9.21. The molecule has 5 nitrogen and oxygen atoms in total. The molecule has 1 amide bonds. The average molecular weight is 313 g/mol. The van der Waals surface area contributed by atoms with Gasteiger partial charge in [-0.3, -0.25) is 9.89 Å². The van der Waals surface area contributed by atoms with E-state index in [1.54, 1.807) is 6.07 Å². The topological polar surface area (TPSA) is 83.8 Å². The molecule has 0 radical (unpaired) electrons. The average Bonchev–Trinajstić information content (AvgIpc) is 2.72. The SMILES string of the molecule is Nc1[nH]ncc1CNC(=O)c1c(F)cccc1Br. The van der Waals surface area contributed by atoms with Gasteiger partial charge in [-0.25, -0.2) is 4.39 Å². The molecule has 0 spiro atoms. The smallest absolute Gasteiger partial charge is 0.255 e. The quantitative estimate of drug-likeness (QED) is 0.808. The Labute approximate surface area is 111 Å². The first-order valence-corrected chi connectivity index (χ1v) is 5.89. The molecule has 1 heterocycles. The van der Waals surface area contributed by atoms with Crippen molar-refractivity contribution < 1.29 is 9.18 Å². The van der Waals surface area contributed by atoms with Crippen LogP contribution in [0.25, 0.3) is 0 Å². The molecule has 0 saturated carbocycles. The first-order valence-electron chi connectivity index (χ1n) is 5.09. The van der Waals surface area contributed by atoms with Crippen molar-refractivity contribution >= 4 is 27.7 Å². The second-order valence-corrected chi connectivity index (χ2v) is 4.44. The van der Waals surface area contributed by atoms with Gasteiger partial charge in [-0.2, -0.15) is 5.10 Å². The number of nitrogens with one attached hydrogen (secondary N) is 2. The molecule has 0 aliphatic carbocycles. The number of nitrogens with zero attached hydrogens (tertiary/aromatic N) is 1. The summed E-state index contributed by atoms with van der Waals surface area (Å²) in [6.07, 6.45) is 1.51. The van der Waals surface area contributed by atoms with Crippen molar-refractivity contribution in [2.75, 3.05) is 5.73 Å². The van der Waals surface area contributed by atoms with Gasteiger partial charge < -0.3 is 11.1 Å². The number of hydrogen-bond acceptors (Lipinski definition) is 3. The summed E-state index contributed by atoms with van der Waals surface area (Å²) in [7, 11) is 0. The molecule has 0 aliphatic heterocycles. The minimum Gasteiger partial charge on any atom is -0.384 e. The highest BCUT2D eigenvalue weighted by Gasteiger charge is 2.15. The van der Waals surface area contributed by atoms with E-state index in [1.807, 2.05) is 0 Å². The fraction of sp³-hybridized carbons (Fsp3) is 0.0909. The van der Waals surface area contributed by atoms with Crippen LogP contribution in [-0.2, 0) is 6.54 Å². The highest BCUT2D eigenvalue weighted by atomic mass is 79.9. The number of aromatic nitrogens is 2. The number of amides is 1. The number of hydrogen-bond donors (Lipinski definition) is 3. The number of benzene rings is 1. The van der Waals surface area contributed by atoms with Gasteiger partial charge in [0.1, 0.15) is 11.6 Å². The molecule has 0 unspecified atom stereocenters. The lowest BCUT2D eigenvalue weighted by Crippen LogP contribution is -2.24. The Morgan fingerprint density at radius 3 is 2.94 bits per heavy atom. The monoisotopic (exact) mass is 312 g/mol. The van der Waals surface area contributed by atoms with E-state index in [-0.39, 0.29) is 12.1 Å². The number of rotatable bonds is 3. The Bertz CT molecular complexity index is 564. The van der Waals surface area contributed by atoms with Crippen LogP contribution in [0.5, 0.6) is 0 Å². The predicted octanol–water partition coefficient (Wildman–Crippen LogP) is 1.82. The second-order valence-electron chi connectivity index (χ2n) is 3.59. The fourth-order valence-corrected chi connectivity index (χ4v) is 1.96. The standard InChI is InChI=1S/C11H10BrFN4O/c12-7-2-1-3-8(13)9(7)11(18)15-4-6-5-16-17-10(6)14/h1-3,5H,4H2,(H,15,18)(H3,14,16,17). The van der Waals surface area contributed by atoms with E-state index in [2.05, 4.69) is 31.4 Å². The number of anilines is 1. The van der Waals surface area contributed by atoms with E-state index in [4.69, 9.17) is 5.73 Å². The first-order chi connectivity index (χ1) is 8.59. The van der Waals surface area contributed by atoms with E-state index in [1.165, 1.54) is 18.3 Å². The van der Waals surface area contributed by atoms with Crippen molar-refractivity contribution in [1.29, 1.82) is 0 Å². The molecule has 94 valence electrons. The van der Waals surface area contributed by atoms with Crippen LogP contribution in [0.3, 0.4) is 0 Å². The Hall–Kier alpha value is -1.89. The number of carbonyl (C=O) groups excluding carboxylic acids is 1. The number of nitrogens with two attached hydrogens (primary N) is 1. The van der Waals surface area contributed by atoms with Crippen molar-refractivity contribution in [3.63, 3.8) is 0 Å². The molecule has 1 aromatic carbocycles. The van der Waals surface area contributed by atoms with Gasteiger partial charge in [-0.15, -0.1) is 0 Å². The minimum absolute atomic E-state index is 0.0282. The summed E-state index contributed by atoms with van der Waals surface area (Å²) in [5.41, 5.74) is 6.19. The number of nitrogen functional groups attached to an aromatic ring is 1. The fourth-order valence-electron chi connectivity index (χ4n) is 1.44. The first kappa shape index (κ1) is 12.6. The van der Waals surface area contributed by atoms with Crippen LogP contribution in [0.2, 0.25) is 0 Å². The van der Waals surface area contributed by atoms with E-state index in [9.17, 15) is 9.18 Å². The summed E-state index contributed by atoms with van der Waals surface area (Å²) in [5, 5.41) is 8.85. The summed E-state index contributed by atoms with van der Waals surface area (Å²) < 4.78 is 13.9. The minimum atomic E-state index is -0.581. The van der Waals surface area contributed by atoms with Crippen LogP contribution in [0.15, 0.2) is 28.9 Å². The van der Waals surface area contributed by atoms with E-state index >= 15 is 0 Å². The summed E-state index contributed by atoms with van der Waals surface area (Å²) in [6, 6.07) is 4.35. The number of carbonyl (C=O) groups is 1. The van der Waals surface area contributed by atoms with E-state index in [0.29, 0.717) is 15.9 Å². The maximum Gasteiger partial charge on any atom is 0.255 e. The summed E-state index contributed by atoms with van der Waals surface area (Å²) >= 11 is 3.14. The molecule has 2 aromatic rings. The van der Waals surface area contributed by atoms with Crippen LogP contribution in [0.1, 0.15) is 15.9 Å². The highest BCUT2D eigenvalue weighted by molar-refractivity contribution is 9.10. The van der Waals surface area contributed by atoms with Crippen LogP contribution < -0.4 is 11.1 Å². The van der Waals surface area contributed by atoms with Crippen molar-refractivity contribution in [1.82, 2.24) is 15.5 Å². The van der Waals surface area contributed by atoms with Crippen LogP contribution in [0, 0.1) is 5.82 Å². The molecule has 0 aliphatic rings. The number of aromatic amines is 1. The molecule has 2 rings (SSSR count). The third-order valence-corrected chi connectivity index (χ3v) is 3.04. The maximum atomic E-state index is 13.5. The normalized spacial score (nSPS) is 10.3. The summed E-state index contributed by atoms with van der Waals surface area (Å²) in [5.74, 6) is -0.717. The van der Waals surface area contributed by atoms with Crippen LogP contribution in [0.4, 0.5) is 10.2 Å². The summed E-state index contributed by atoms with van der Waals surface area (Å²) in [4.78, 5) is 11.8. The molecule has 18 heavy (non-hydrogen) atoms. The Kier molecular flexibility index (Phi) is 3.61. The Balaban J connectivity index is 2.11. The van der Waals surface area contributed by atoms with Gasteiger partial charge >= 0.3 is 0 Å². The largest absolute Gasteiger partial charge is 0.384 e. The van der Waals surface area contributed by atoms with Gasteiger partial charge in [0.25, 0.3) is 5.91 Å². The Morgan fingerprint density at radius 2 is 2.33 bits per heavy atom. The lowest BCUT2D eigenvalue weighted by atomic mass is 10.2. The van der Waals surface area contributed by atoms with E-state index in [0.717, 1.165) is 0 Å². The molecule has 4 N–H and O–H groups in total. The molecular weight excluding hydrogens is 303 g/mol. The summed E-state index contributed by atoms with van der Waals surface area (Å²) in [6.45, 7) is 0.182. The third kappa shape index (κ3) is 2.51. The zero-order valence-corrected chi connectivity index (χ0v) is 10.8. The molecule has 0 saturated heterocycles. The lowest BCUT2D eigenvalue weighted by Gasteiger charge is -2.07. The van der Waals surface area contributed by atoms with Crippen molar-refractivity contribution in [3.8, 4) is 0 Å². The molecule has 1 aromatic heterocycles. The van der Waals surface area contributed by atoms with Crippen molar-refractivity contribution in [3.05, 3.63) is 45.8 Å². The zero-order chi connectivity index (χ0) is 13.1. The molecule has 7 heteroatoms. The van der Waals surface area contributed by atoms with Crippen LogP contribution in [-0.4, -0.2) is 16.1 Å². The highest BCUT2D eigenvalue weighted by Crippen LogP contribution is 2.19. The molecule has 0 fully saturated rings. The lowest BCUT2D eigenvalue weighted by molar-refractivity contribution is 0.0946. The number of H-pyrrole nitrogens is 1. The number of halogens is 2. The third-order valence-electron chi connectivity index (χ3n) is 2.38. The van der Waals surface area contributed by atoms with Gasteiger partial charge in [0.05, 0.1) is 11.8 Å². The van der Waals surface area contributed by atoms with Gasteiger partial charge in [-0.05, 0) is 28.1 Å². The van der Waals surface area contributed by atoms with Gasteiger partial charge in [-0.1, -0.05) is 6.07 Å².